The average molecular weight is 172 g/mol. The molecular formula is C9H20N2O. The number of hydrogen-bond donors (Lipinski definition) is 1. The lowest BCUT2D eigenvalue weighted by atomic mass is 10.3. The second kappa shape index (κ2) is 6.40. The van der Waals surface area contributed by atoms with E-state index < -0.39 is 0 Å². The molecule has 3 nitrogen and oxygen atoms in total. The molecule has 12 heavy (non-hydrogen) atoms. The van der Waals surface area contributed by atoms with Crippen molar-refractivity contribution < 1.29 is 4.74 Å². The predicted octanol–water partition coefficient (Wildman–Crippen LogP) is 0.666. The fourth-order valence-electron chi connectivity index (χ4n) is 1.30. The molecule has 1 heterocycles. The van der Waals surface area contributed by atoms with Crippen LogP contribution in [-0.2, 0) is 4.74 Å². The van der Waals surface area contributed by atoms with Crippen LogP contribution in [0.2, 0.25) is 0 Å². The van der Waals surface area contributed by atoms with E-state index >= 15 is 0 Å². The highest BCUT2D eigenvalue weighted by atomic mass is 16.5. The van der Waals surface area contributed by atoms with Gasteiger partial charge in [0.15, 0.2) is 0 Å². The summed E-state index contributed by atoms with van der Waals surface area (Å²) in [5, 5.41) is 3.43. The van der Waals surface area contributed by atoms with Gasteiger partial charge in [-0.25, -0.2) is 0 Å². The Hall–Kier alpha value is -0.120. The molecule has 0 atom stereocenters. The van der Waals surface area contributed by atoms with Crippen molar-refractivity contribution in [2.75, 3.05) is 39.5 Å². The standard InChI is InChI=1S/C9H20N2O/c1-2-3-4-10-9-11-5-7-12-8-6-11/h10H,2-9H2,1H3. The molecule has 0 saturated carbocycles. The minimum atomic E-state index is 0.898. The fourth-order valence-corrected chi connectivity index (χ4v) is 1.30. The van der Waals surface area contributed by atoms with Crippen molar-refractivity contribution in [3.63, 3.8) is 0 Å². The molecule has 0 unspecified atom stereocenters. The molecule has 1 fully saturated rings. The Kier molecular flexibility index (Phi) is 5.32. The summed E-state index contributed by atoms with van der Waals surface area (Å²) in [6, 6.07) is 0. The molecule has 0 aromatic rings. The van der Waals surface area contributed by atoms with E-state index in [4.69, 9.17) is 4.74 Å². The van der Waals surface area contributed by atoms with Crippen LogP contribution in [0.25, 0.3) is 0 Å². The van der Waals surface area contributed by atoms with Crippen LogP contribution < -0.4 is 5.32 Å². The third-order valence-corrected chi connectivity index (χ3v) is 2.15. The van der Waals surface area contributed by atoms with Gasteiger partial charge in [-0.2, -0.15) is 0 Å². The number of rotatable bonds is 5. The van der Waals surface area contributed by atoms with E-state index in [1.807, 2.05) is 0 Å². The predicted molar refractivity (Wildman–Crippen MR) is 50.2 cm³/mol. The van der Waals surface area contributed by atoms with Gasteiger partial charge in [0.2, 0.25) is 0 Å². The number of unbranched alkanes of at least 4 members (excludes halogenated alkanes) is 1. The Morgan fingerprint density at radius 3 is 2.75 bits per heavy atom. The zero-order valence-electron chi connectivity index (χ0n) is 8.01. The minimum Gasteiger partial charge on any atom is -0.379 e. The molecule has 3 heteroatoms. The fraction of sp³-hybridized carbons (Fsp3) is 1.00. The van der Waals surface area contributed by atoms with E-state index in [1.54, 1.807) is 0 Å². The van der Waals surface area contributed by atoms with E-state index in [0.717, 1.165) is 39.5 Å². The van der Waals surface area contributed by atoms with Crippen LogP contribution in [0.1, 0.15) is 19.8 Å². The lowest BCUT2D eigenvalue weighted by molar-refractivity contribution is 0.0342. The molecule has 1 rings (SSSR count). The second-order valence-corrected chi connectivity index (χ2v) is 3.24. The SMILES string of the molecule is CCCCNCN1CCOCC1. The van der Waals surface area contributed by atoms with Crippen LogP contribution in [0.4, 0.5) is 0 Å². The molecule has 0 spiro atoms. The lowest BCUT2D eigenvalue weighted by Crippen LogP contribution is -2.42. The number of hydrogen-bond acceptors (Lipinski definition) is 3. The summed E-state index contributed by atoms with van der Waals surface area (Å²) in [5.74, 6) is 0. The number of nitrogens with one attached hydrogen (secondary N) is 1. The maximum atomic E-state index is 5.26. The summed E-state index contributed by atoms with van der Waals surface area (Å²) in [6.07, 6.45) is 2.56. The van der Waals surface area contributed by atoms with Gasteiger partial charge in [0.25, 0.3) is 0 Å². The molecule has 72 valence electrons. The van der Waals surface area contributed by atoms with Crippen molar-refractivity contribution in [2.45, 2.75) is 19.8 Å². The molecule has 0 aromatic carbocycles. The summed E-state index contributed by atoms with van der Waals surface area (Å²) >= 11 is 0. The van der Waals surface area contributed by atoms with Crippen molar-refractivity contribution >= 4 is 0 Å². The Balaban J connectivity index is 1.91. The van der Waals surface area contributed by atoms with Gasteiger partial charge in [-0.3, -0.25) is 4.90 Å². The first kappa shape index (κ1) is 9.96. The van der Waals surface area contributed by atoms with Crippen LogP contribution in [0.3, 0.4) is 0 Å². The van der Waals surface area contributed by atoms with E-state index in [2.05, 4.69) is 17.1 Å². The topological polar surface area (TPSA) is 24.5 Å². The minimum absolute atomic E-state index is 0.898. The monoisotopic (exact) mass is 172 g/mol. The quantitative estimate of drug-likeness (QED) is 0.617. The zero-order chi connectivity index (χ0) is 8.65. The number of nitrogens with zero attached hydrogens (tertiary/aromatic N) is 1. The summed E-state index contributed by atoms with van der Waals surface area (Å²) in [5.41, 5.74) is 0. The summed E-state index contributed by atoms with van der Waals surface area (Å²) in [4.78, 5) is 2.40. The van der Waals surface area contributed by atoms with Crippen LogP contribution in [0, 0.1) is 0 Å². The number of ether oxygens (including phenoxy) is 1. The first-order valence-electron chi connectivity index (χ1n) is 4.94. The van der Waals surface area contributed by atoms with Gasteiger partial charge in [0.05, 0.1) is 13.2 Å². The van der Waals surface area contributed by atoms with E-state index in [1.165, 1.54) is 12.8 Å². The number of morpholine rings is 1. The summed E-state index contributed by atoms with van der Waals surface area (Å²) in [7, 11) is 0. The highest BCUT2D eigenvalue weighted by Crippen LogP contribution is 1.94. The Morgan fingerprint density at radius 2 is 2.08 bits per heavy atom. The van der Waals surface area contributed by atoms with E-state index in [-0.39, 0.29) is 0 Å². The van der Waals surface area contributed by atoms with Gasteiger partial charge in [-0.05, 0) is 13.0 Å². The van der Waals surface area contributed by atoms with Gasteiger partial charge in [0.1, 0.15) is 0 Å². The van der Waals surface area contributed by atoms with Gasteiger partial charge < -0.3 is 10.1 Å². The molecule has 0 aliphatic carbocycles. The van der Waals surface area contributed by atoms with Crippen molar-refractivity contribution in [1.82, 2.24) is 10.2 Å². The molecule has 1 saturated heterocycles. The molecule has 1 N–H and O–H groups in total. The highest BCUT2D eigenvalue weighted by molar-refractivity contribution is 4.60. The van der Waals surface area contributed by atoms with Crippen molar-refractivity contribution in [1.29, 1.82) is 0 Å². The third-order valence-electron chi connectivity index (χ3n) is 2.15. The van der Waals surface area contributed by atoms with Gasteiger partial charge in [-0.1, -0.05) is 13.3 Å². The Morgan fingerprint density at radius 1 is 1.33 bits per heavy atom. The molecule has 0 bridgehead atoms. The normalized spacial score (nSPS) is 19.8. The average Bonchev–Trinajstić information content (AvgIpc) is 2.14. The first-order chi connectivity index (χ1) is 5.93. The van der Waals surface area contributed by atoms with Gasteiger partial charge >= 0.3 is 0 Å². The van der Waals surface area contributed by atoms with Crippen molar-refractivity contribution in [3.8, 4) is 0 Å². The highest BCUT2D eigenvalue weighted by Gasteiger charge is 2.08. The second-order valence-electron chi connectivity index (χ2n) is 3.24. The first-order valence-corrected chi connectivity index (χ1v) is 4.94. The Bertz CT molecular complexity index is 103. The van der Waals surface area contributed by atoms with Crippen LogP contribution in [0.15, 0.2) is 0 Å². The summed E-state index contributed by atoms with van der Waals surface area (Å²) in [6.45, 7) is 8.36. The van der Waals surface area contributed by atoms with Crippen LogP contribution in [0.5, 0.6) is 0 Å². The zero-order valence-corrected chi connectivity index (χ0v) is 8.01. The van der Waals surface area contributed by atoms with Crippen LogP contribution >= 0.6 is 0 Å². The maximum Gasteiger partial charge on any atom is 0.0594 e. The maximum absolute atomic E-state index is 5.26. The molecule has 0 aromatic heterocycles. The summed E-state index contributed by atoms with van der Waals surface area (Å²) < 4.78 is 5.26. The molecule has 0 radical (unpaired) electrons. The van der Waals surface area contributed by atoms with Crippen molar-refractivity contribution in [2.24, 2.45) is 0 Å². The van der Waals surface area contributed by atoms with Gasteiger partial charge in [0, 0.05) is 19.8 Å². The lowest BCUT2D eigenvalue weighted by Gasteiger charge is -2.26. The molecule has 1 aliphatic heterocycles. The van der Waals surface area contributed by atoms with E-state index in [9.17, 15) is 0 Å². The van der Waals surface area contributed by atoms with Gasteiger partial charge in [-0.15, -0.1) is 0 Å². The van der Waals surface area contributed by atoms with Crippen LogP contribution in [-0.4, -0.2) is 44.4 Å². The molecular weight excluding hydrogens is 152 g/mol. The smallest absolute Gasteiger partial charge is 0.0594 e. The molecule has 1 aliphatic rings. The van der Waals surface area contributed by atoms with Crippen molar-refractivity contribution in [3.05, 3.63) is 0 Å². The van der Waals surface area contributed by atoms with E-state index in [0.29, 0.717) is 0 Å². The third kappa shape index (κ3) is 4.04. The largest absolute Gasteiger partial charge is 0.379 e. The molecule has 0 amide bonds. The Labute approximate surface area is 75.1 Å².